The molecule has 1 aromatic heterocycles. The minimum atomic E-state index is -0.139. The highest BCUT2D eigenvalue weighted by molar-refractivity contribution is 6.13. The fourth-order valence-corrected chi connectivity index (χ4v) is 3.49. The quantitative estimate of drug-likeness (QED) is 0.436. The van der Waals surface area contributed by atoms with E-state index in [2.05, 4.69) is 15.3 Å². The number of nitrogens with one attached hydrogen (secondary N) is 2. The van der Waals surface area contributed by atoms with Gasteiger partial charge < -0.3 is 10.3 Å². The summed E-state index contributed by atoms with van der Waals surface area (Å²) in [4.78, 5) is 21.0. The summed E-state index contributed by atoms with van der Waals surface area (Å²) >= 11 is 0. The van der Waals surface area contributed by atoms with Gasteiger partial charge in [0, 0.05) is 11.1 Å². The van der Waals surface area contributed by atoms with Crippen molar-refractivity contribution in [2.24, 2.45) is 0 Å². The zero-order chi connectivity index (χ0) is 18.9. The Bertz CT molecular complexity index is 1280. The number of benzene rings is 4. The van der Waals surface area contributed by atoms with Gasteiger partial charge in [-0.25, -0.2) is 4.98 Å². The lowest BCUT2D eigenvalue weighted by Crippen LogP contribution is -2.13. The molecule has 4 nitrogen and oxygen atoms in total. The van der Waals surface area contributed by atoms with Crippen LogP contribution in [0.4, 0.5) is 5.69 Å². The first-order valence-electron chi connectivity index (χ1n) is 9.13. The van der Waals surface area contributed by atoms with Crippen molar-refractivity contribution in [3.63, 3.8) is 0 Å². The molecule has 1 amide bonds. The number of para-hydroxylation sites is 3. The maximum atomic E-state index is 13.0. The minimum absolute atomic E-state index is 0.139. The third-order valence-corrected chi connectivity index (χ3v) is 4.85. The van der Waals surface area contributed by atoms with E-state index in [0.29, 0.717) is 5.56 Å². The topological polar surface area (TPSA) is 57.8 Å². The monoisotopic (exact) mass is 363 g/mol. The van der Waals surface area contributed by atoms with E-state index in [9.17, 15) is 4.79 Å². The van der Waals surface area contributed by atoms with Crippen molar-refractivity contribution in [1.82, 2.24) is 9.97 Å². The lowest BCUT2D eigenvalue weighted by molar-refractivity contribution is 0.102. The molecule has 0 atom stereocenters. The van der Waals surface area contributed by atoms with Crippen LogP contribution in [-0.4, -0.2) is 15.9 Å². The average Bonchev–Trinajstić information content (AvgIpc) is 3.18. The third-order valence-electron chi connectivity index (χ3n) is 4.85. The summed E-state index contributed by atoms with van der Waals surface area (Å²) in [7, 11) is 0. The number of imidazole rings is 1. The molecule has 1 heterocycles. The summed E-state index contributed by atoms with van der Waals surface area (Å²) in [6.07, 6.45) is 0. The number of aromatic nitrogens is 2. The Kier molecular flexibility index (Phi) is 3.87. The molecule has 0 spiro atoms. The number of anilines is 1. The van der Waals surface area contributed by atoms with Crippen LogP contribution in [0.5, 0.6) is 0 Å². The van der Waals surface area contributed by atoms with Crippen LogP contribution in [0.1, 0.15) is 10.4 Å². The van der Waals surface area contributed by atoms with Crippen LogP contribution >= 0.6 is 0 Å². The fourth-order valence-electron chi connectivity index (χ4n) is 3.49. The lowest BCUT2D eigenvalue weighted by atomic mass is 10.0. The van der Waals surface area contributed by atoms with Crippen LogP contribution in [0.3, 0.4) is 0 Å². The number of rotatable bonds is 3. The van der Waals surface area contributed by atoms with Crippen LogP contribution in [0.25, 0.3) is 33.2 Å². The zero-order valence-corrected chi connectivity index (χ0v) is 15.0. The van der Waals surface area contributed by atoms with E-state index in [1.807, 2.05) is 91.0 Å². The molecule has 4 heteroatoms. The van der Waals surface area contributed by atoms with Crippen molar-refractivity contribution in [1.29, 1.82) is 0 Å². The standard InChI is InChI=1S/C24H17N3O/c28-24(18-12-7-9-16-8-1-2-10-17(16)18)27-20-13-4-3-11-19(20)23-25-21-14-5-6-15-22(21)26-23/h1-15H,(H,25,26)(H,27,28). The second-order valence-corrected chi connectivity index (χ2v) is 6.63. The van der Waals surface area contributed by atoms with Crippen LogP contribution in [-0.2, 0) is 0 Å². The smallest absolute Gasteiger partial charge is 0.256 e. The average molecular weight is 363 g/mol. The van der Waals surface area contributed by atoms with Gasteiger partial charge in [-0.1, -0.05) is 60.7 Å². The Hall–Kier alpha value is -3.92. The summed E-state index contributed by atoms with van der Waals surface area (Å²) in [5.74, 6) is 0.593. The highest BCUT2D eigenvalue weighted by Crippen LogP contribution is 2.28. The first-order valence-corrected chi connectivity index (χ1v) is 9.13. The molecule has 0 fully saturated rings. The molecular weight excluding hydrogens is 346 g/mol. The van der Waals surface area contributed by atoms with Crippen molar-refractivity contribution in [3.8, 4) is 11.4 Å². The van der Waals surface area contributed by atoms with Crippen LogP contribution in [0, 0.1) is 0 Å². The second-order valence-electron chi connectivity index (χ2n) is 6.63. The van der Waals surface area contributed by atoms with Crippen molar-refractivity contribution < 1.29 is 4.79 Å². The van der Waals surface area contributed by atoms with Gasteiger partial charge in [0.25, 0.3) is 5.91 Å². The number of carbonyl (C=O) groups excluding carboxylic acids is 1. The number of nitrogens with zero attached hydrogens (tertiary/aromatic N) is 1. The maximum Gasteiger partial charge on any atom is 0.256 e. The fraction of sp³-hybridized carbons (Fsp3) is 0. The molecule has 0 saturated carbocycles. The number of hydrogen-bond acceptors (Lipinski definition) is 2. The molecule has 0 saturated heterocycles. The minimum Gasteiger partial charge on any atom is -0.338 e. The van der Waals surface area contributed by atoms with E-state index in [1.54, 1.807) is 0 Å². The lowest BCUT2D eigenvalue weighted by Gasteiger charge is -2.11. The van der Waals surface area contributed by atoms with E-state index in [0.717, 1.165) is 38.9 Å². The van der Waals surface area contributed by atoms with Gasteiger partial charge in [-0.15, -0.1) is 0 Å². The van der Waals surface area contributed by atoms with E-state index >= 15 is 0 Å². The normalized spacial score (nSPS) is 11.0. The molecular formula is C24H17N3O. The Morgan fingerprint density at radius 3 is 2.46 bits per heavy atom. The first kappa shape index (κ1) is 16.3. The number of hydrogen-bond donors (Lipinski definition) is 2. The van der Waals surface area contributed by atoms with E-state index in [4.69, 9.17) is 0 Å². The van der Waals surface area contributed by atoms with E-state index in [-0.39, 0.29) is 5.91 Å². The van der Waals surface area contributed by atoms with Crippen LogP contribution in [0.2, 0.25) is 0 Å². The summed E-state index contributed by atoms with van der Waals surface area (Å²) in [5.41, 5.74) is 4.09. The van der Waals surface area contributed by atoms with Crippen LogP contribution in [0.15, 0.2) is 91.0 Å². The highest BCUT2D eigenvalue weighted by atomic mass is 16.1. The predicted molar refractivity (Wildman–Crippen MR) is 113 cm³/mol. The molecule has 5 aromatic rings. The van der Waals surface area contributed by atoms with Crippen molar-refractivity contribution in [3.05, 3.63) is 96.6 Å². The van der Waals surface area contributed by atoms with Gasteiger partial charge in [0.05, 0.1) is 16.7 Å². The Morgan fingerprint density at radius 2 is 1.54 bits per heavy atom. The molecule has 0 bridgehead atoms. The predicted octanol–water partition coefficient (Wildman–Crippen LogP) is 5.64. The van der Waals surface area contributed by atoms with Gasteiger partial charge in [-0.3, -0.25) is 4.79 Å². The maximum absolute atomic E-state index is 13.0. The van der Waals surface area contributed by atoms with Gasteiger partial charge in [0.15, 0.2) is 0 Å². The van der Waals surface area contributed by atoms with Gasteiger partial charge >= 0.3 is 0 Å². The number of amides is 1. The summed E-state index contributed by atoms with van der Waals surface area (Å²) in [5, 5.41) is 5.04. The molecule has 0 aliphatic rings. The second kappa shape index (κ2) is 6.67. The molecule has 0 unspecified atom stereocenters. The number of fused-ring (bicyclic) bond motifs is 2. The summed E-state index contributed by atoms with van der Waals surface area (Å²) in [6.45, 7) is 0. The van der Waals surface area contributed by atoms with Crippen molar-refractivity contribution in [2.75, 3.05) is 5.32 Å². The number of aromatic amines is 1. The Morgan fingerprint density at radius 1 is 0.786 bits per heavy atom. The summed E-state index contributed by atoms with van der Waals surface area (Å²) < 4.78 is 0. The Labute approximate surface area is 161 Å². The molecule has 134 valence electrons. The number of carbonyl (C=O) groups is 1. The largest absolute Gasteiger partial charge is 0.338 e. The molecule has 4 aromatic carbocycles. The molecule has 2 N–H and O–H groups in total. The molecule has 0 radical (unpaired) electrons. The summed E-state index contributed by atoms with van der Waals surface area (Å²) in [6, 6.07) is 29.2. The highest BCUT2D eigenvalue weighted by Gasteiger charge is 2.14. The third kappa shape index (κ3) is 2.81. The van der Waals surface area contributed by atoms with Crippen LogP contribution < -0.4 is 5.32 Å². The van der Waals surface area contributed by atoms with Gasteiger partial charge in [-0.05, 0) is 41.1 Å². The molecule has 0 aliphatic carbocycles. The van der Waals surface area contributed by atoms with E-state index in [1.165, 1.54) is 0 Å². The van der Waals surface area contributed by atoms with Gasteiger partial charge in [0.2, 0.25) is 0 Å². The SMILES string of the molecule is O=C(Nc1ccccc1-c1nc2ccccc2[nH]1)c1cccc2ccccc12. The van der Waals surface area contributed by atoms with Gasteiger partial charge in [0.1, 0.15) is 5.82 Å². The zero-order valence-electron chi connectivity index (χ0n) is 15.0. The molecule has 28 heavy (non-hydrogen) atoms. The molecule has 5 rings (SSSR count). The molecule has 0 aliphatic heterocycles. The van der Waals surface area contributed by atoms with E-state index < -0.39 is 0 Å². The first-order chi connectivity index (χ1) is 13.8. The van der Waals surface area contributed by atoms with Crippen molar-refractivity contribution in [2.45, 2.75) is 0 Å². The number of H-pyrrole nitrogens is 1. The van der Waals surface area contributed by atoms with Gasteiger partial charge in [-0.2, -0.15) is 0 Å². The van der Waals surface area contributed by atoms with Crippen molar-refractivity contribution >= 4 is 33.4 Å². The Balaban J connectivity index is 1.55.